The molecule has 0 aliphatic carbocycles. The van der Waals surface area contributed by atoms with Gasteiger partial charge in [-0.1, -0.05) is 5.92 Å². The van der Waals surface area contributed by atoms with Crippen molar-refractivity contribution in [2.24, 2.45) is 0 Å². The van der Waals surface area contributed by atoms with E-state index in [9.17, 15) is 4.79 Å². The molecule has 0 unspecified atom stereocenters. The third kappa shape index (κ3) is 4.59. The van der Waals surface area contributed by atoms with E-state index in [1.165, 1.54) is 6.33 Å². The molecule has 2 aromatic carbocycles. The summed E-state index contributed by atoms with van der Waals surface area (Å²) in [5, 5.41) is 8.46. The minimum Gasteiger partial charge on any atom is -0.489 e. The molecule has 0 spiro atoms. The maximum atomic E-state index is 12.3. The SMILES string of the molecule is CC#CC(=O)N1CCN2c3cc4c(Nc5ccc(Oc6ccn7ncnc7c6)c(C)c5)ncnc4cc3OC[C@@H]2C1. The van der Waals surface area contributed by atoms with Crippen molar-refractivity contribution in [3.63, 3.8) is 0 Å². The van der Waals surface area contributed by atoms with Crippen LogP contribution in [-0.4, -0.2) is 67.7 Å². The van der Waals surface area contributed by atoms with E-state index in [4.69, 9.17) is 9.47 Å². The number of benzene rings is 2. The van der Waals surface area contributed by atoms with Gasteiger partial charge in [-0.25, -0.2) is 19.5 Å². The van der Waals surface area contributed by atoms with Crippen molar-refractivity contribution in [3.05, 3.63) is 66.9 Å². The van der Waals surface area contributed by atoms with Crippen LogP contribution in [0.15, 0.2) is 61.3 Å². The number of nitrogens with zero attached hydrogens (tertiary/aromatic N) is 7. The Morgan fingerprint density at radius 1 is 1.10 bits per heavy atom. The summed E-state index contributed by atoms with van der Waals surface area (Å²) in [5.41, 5.74) is 4.31. The van der Waals surface area contributed by atoms with Gasteiger partial charge in [0.1, 0.15) is 42.3 Å². The van der Waals surface area contributed by atoms with Crippen molar-refractivity contribution in [1.82, 2.24) is 29.5 Å². The summed E-state index contributed by atoms with van der Waals surface area (Å²) in [6.07, 6.45) is 4.87. The molecule has 41 heavy (non-hydrogen) atoms. The molecule has 2 aliphatic heterocycles. The Balaban J connectivity index is 1.14. The number of aromatic nitrogens is 5. The molecule has 5 heterocycles. The molecule has 3 aromatic heterocycles. The minimum atomic E-state index is -0.139. The molecule has 11 heteroatoms. The molecule has 11 nitrogen and oxygen atoms in total. The fraction of sp³-hybridized carbons (Fsp3) is 0.233. The smallest absolute Gasteiger partial charge is 0.298 e. The molecule has 5 aromatic rings. The second-order valence-electron chi connectivity index (χ2n) is 9.98. The lowest BCUT2D eigenvalue weighted by Crippen LogP contribution is -2.58. The van der Waals surface area contributed by atoms with Crippen LogP contribution in [0.25, 0.3) is 16.6 Å². The van der Waals surface area contributed by atoms with Crippen LogP contribution in [0.1, 0.15) is 12.5 Å². The van der Waals surface area contributed by atoms with Crippen molar-refractivity contribution in [2.75, 3.05) is 36.5 Å². The lowest BCUT2D eigenvalue weighted by atomic mass is 10.1. The monoisotopic (exact) mass is 546 g/mol. The zero-order valence-electron chi connectivity index (χ0n) is 22.5. The third-order valence-corrected chi connectivity index (χ3v) is 7.38. The highest BCUT2D eigenvalue weighted by Gasteiger charge is 2.34. The Hall–Kier alpha value is -5.37. The molecule has 1 atom stereocenters. The van der Waals surface area contributed by atoms with E-state index in [1.54, 1.807) is 22.7 Å². The summed E-state index contributed by atoms with van der Waals surface area (Å²) in [6, 6.07) is 13.7. The van der Waals surface area contributed by atoms with Gasteiger partial charge >= 0.3 is 0 Å². The van der Waals surface area contributed by atoms with Gasteiger partial charge in [-0.05, 0) is 55.7 Å². The predicted molar refractivity (Wildman–Crippen MR) is 154 cm³/mol. The molecule has 7 rings (SSSR count). The number of fused-ring (bicyclic) bond motifs is 5. The Morgan fingerprint density at radius 3 is 2.90 bits per heavy atom. The Morgan fingerprint density at radius 2 is 2.02 bits per heavy atom. The van der Waals surface area contributed by atoms with E-state index in [1.807, 2.05) is 49.5 Å². The van der Waals surface area contributed by atoms with E-state index in [0.717, 1.165) is 39.3 Å². The standard InChI is InChI=1S/C30H26N8O3/c1-3-4-29(39)36-9-10-37-21(15-36)16-40-27-14-24-23(13-25(27)37)30(33-17-31-24)35-20-5-6-26(19(2)11-20)41-22-7-8-38-28(12-22)32-18-34-38/h5-8,11-14,17-18,21H,9-10,15-16H2,1-2H3,(H,31,33,35)/t21-/m0/s1. The first kappa shape index (κ1) is 24.7. The summed E-state index contributed by atoms with van der Waals surface area (Å²) < 4.78 is 13.9. The van der Waals surface area contributed by atoms with Crippen LogP contribution in [0, 0.1) is 18.8 Å². The Bertz CT molecular complexity index is 1870. The second kappa shape index (κ2) is 9.98. The number of rotatable bonds is 4. The Kier molecular flexibility index (Phi) is 6.00. The van der Waals surface area contributed by atoms with Gasteiger partial charge in [-0.2, -0.15) is 5.10 Å². The number of amides is 1. The predicted octanol–water partition coefficient (Wildman–Crippen LogP) is 3.95. The number of pyridine rings is 1. The molecule has 0 bridgehead atoms. The van der Waals surface area contributed by atoms with Gasteiger partial charge in [-0.3, -0.25) is 4.79 Å². The second-order valence-corrected chi connectivity index (χ2v) is 9.98. The molecule has 0 saturated carbocycles. The minimum absolute atomic E-state index is 0.0537. The topological polar surface area (TPSA) is 110 Å². The van der Waals surface area contributed by atoms with Crippen LogP contribution < -0.4 is 19.7 Å². The van der Waals surface area contributed by atoms with Gasteiger partial charge in [0, 0.05) is 49.0 Å². The molecule has 1 fully saturated rings. The maximum Gasteiger partial charge on any atom is 0.298 e. The number of carbonyl (C=O) groups is 1. The molecular weight excluding hydrogens is 520 g/mol. The molecule has 0 radical (unpaired) electrons. The molecule has 1 saturated heterocycles. The molecule has 2 aliphatic rings. The average Bonchev–Trinajstić information content (AvgIpc) is 3.46. The number of piperazine rings is 1. The highest BCUT2D eigenvalue weighted by Crippen LogP contribution is 2.40. The van der Waals surface area contributed by atoms with Crippen LogP contribution >= 0.6 is 0 Å². The van der Waals surface area contributed by atoms with Gasteiger partial charge < -0.3 is 24.6 Å². The van der Waals surface area contributed by atoms with Crippen LogP contribution in [0.2, 0.25) is 0 Å². The van der Waals surface area contributed by atoms with E-state index < -0.39 is 0 Å². The zero-order valence-corrected chi connectivity index (χ0v) is 22.5. The first-order valence-electron chi connectivity index (χ1n) is 13.3. The van der Waals surface area contributed by atoms with Gasteiger partial charge in [0.2, 0.25) is 0 Å². The summed E-state index contributed by atoms with van der Waals surface area (Å²) in [5.74, 6) is 8.12. The molecule has 204 valence electrons. The van der Waals surface area contributed by atoms with Gasteiger partial charge in [0.15, 0.2) is 5.65 Å². The largest absolute Gasteiger partial charge is 0.489 e. The molecule has 1 N–H and O–H groups in total. The van der Waals surface area contributed by atoms with Crippen molar-refractivity contribution in [1.29, 1.82) is 0 Å². The zero-order chi connectivity index (χ0) is 27.9. The first-order chi connectivity index (χ1) is 20.1. The van der Waals surface area contributed by atoms with Crippen molar-refractivity contribution >= 4 is 39.6 Å². The molecule has 1 amide bonds. The third-order valence-electron chi connectivity index (χ3n) is 7.38. The van der Waals surface area contributed by atoms with Crippen molar-refractivity contribution in [3.8, 4) is 29.1 Å². The normalized spacial score (nSPS) is 15.9. The number of aryl methyl sites for hydroxylation is 1. The van der Waals surface area contributed by atoms with E-state index in [0.29, 0.717) is 43.5 Å². The number of anilines is 3. The summed E-state index contributed by atoms with van der Waals surface area (Å²) in [6.45, 7) is 6.06. The van der Waals surface area contributed by atoms with E-state index in [2.05, 4.69) is 48.2 Å². The van der Waals surface area contributed by atoms with Crippen molar-refractivity contribution in [2.45, 2.75) is 19.9 Å². The fourth-order valence-corrected chi connectivity index (χ4v) is 5.35. The quantitative estimate of drug-likeness (QED) is 0.335. The average molecular weight is 547 g/mol. The summed E-state index contributed by atoms with van der Waals surface area (Å²) in [4.78, 5) is 29.7. The van der Waals surface area contributed by atoms with Gasteiger partial charge in [0.25, 0.3) is 5.91 Å². The maximum absolute atomic E-state index is 12.3. The lowest BCUT2D eigenvalue weighted by Gasteiger charge is -2.45. The number of carbonyl (C=O) groups excluding carboxylic acids is 1. The number of ether oxygens (including phenoxy) is 2. The van der Waals surface area contributed by atoms with Crippen LogP contribution in [0.3, 0.4) is 0 Å². The van der Waals surface area contributed by atoms with Crippen LogP contribution in [0.5, 0.6) is 17.2 Å². The van der Waals surface area contributed by atoms with E-state index in [-0.39, 0.29) is 11.9 Å². The van der Waals surface area contributed by atoms with Gasteiger partial charge in [-0.15, -0.1) is 0 Å². The highest BCUT2D eigenvalue weighted by molar-refractivity contribution is 5.96. The number of nitrogens with one attached hydrogen (secondary N) is 1. The van der Waals surface area contributed by atoms with E-state index >= 15 is 0 Å². The fourth-order valence-electron chi connectivity index (χ4n) is 5.35. The summed E-state index contributed by atoms with van der Waals surface area (Å²) in [7, 11) is 0. The number of hydrogen-bond acceptors (Lipinski definition) is 9. The summed E-state index contributed by atoms with van der Waals surface area (Å²) >= 11 is 0. The van der Waals surface area contributed by atoms with Crippen LogP contribution in [0.4, 0.5) is 17.2 Å². The first-order valence-corrected chi connectivity index (χ1v) is 13.3. The van der Waals surface area contributed by atoms with Crippen LogP contribution in [-0.2, 0) is 4.79 Å². The number of hydrogen-bond donors (Lipinski definition) is 1. The van der Waals surface area contributed by atoms with Gasteiger partial charge in [0.05, 0.1) is 17.2 Å². The Labute approximate surface area is 235 Å². The molecular formula is C30H26N8O3. The highest BCUT2D eigenvalue weighted by atomic mass is 16.5. The van der Waals surface area contributed by atoms with Crippen molar-refractivity contribution < 1.29 is 14.3 Å². The lowest BCUT2D eigenvalue weighted by molar-refractivity contribution is -0.126.